The van der Waals surface area contributed by atoms with Crippen LogP contribution in [-0.4, -0.2) is 57.8 Å². The van der Waals surface area contributed by atoms with Crippen molar-refractivity contribution in [1.82, 2.24) is 20.4 Å². The SMILES string of the molecule is CCOC(=O)[C@H](C)[C@@H](C)NC(=O)c1noc([C@@H]2CCCN2C(=O)OC(C)(C)C)n1. The molecule has 2 amide bonds. The maximum Gasteiger partial charge on any atom is 0.410 e. The Bertz CT molecular complexity index is 741. The van der Waals surface area contributed by atoms with Gasteiger partial charge in [-0.25, -0.2) is 4.79 Å². The Morgan fingerprint density at radius 1 is 1.31 bits per heavy atom. The van der Waals surface area contributed by atoms with Crippen LogP contribution in [0.5, 0.6) is 0 Å². The number of ether oxygens (including phenoxy) is 2. The van der Waals surface area contributed by atoms with Gasteiger partial charge in [0.05, 0.1) is 12.5 Å². The zero-order chi connectivity index (χ0) is 21.8. The number of nitrogens with zero attached hydrogens (tertiary/aromatic N) is 3. The van der Waals surface area contributed by atoms with Gasteiger partial charge in [-0.3, -0.25) is 14.5 Å². The average Bonchev–Trinajstić information content (AvgIpc) is 3.28. The lowest BCUT2D eigenvalue weighted by Gasteiger charge is -2.26. The Morgan fingerprint density at radius 2 is 2.00 bits per heavy atom. The first-order valence-electron chi connectivity index (χ1n) is 9.84. The zero-order valence-electron chi connectivity index (χ0n) is 17.9. The summed E-state index contributed by atoms with van der Waals surface area (Å²) in [7, 11) is 0. The summed E-state index contributed by atoms with van der Waals surface area (Å²) in [5, 5.41) is 6.40. The first-order valence-corrected chi connectivity index (χ1v) is 9.84. The summed E-state index contributed by atoms with van der Waals surface area (Å²) in [6.45, 7) is 11.3. The lowest BCUT2D eigenvalue weighted by atomic mass is 10.0. The average molecular weight is 410 g/mol. The van der Waals surface area contributed by atoms with Crippen molar-refractivity contribution in [3.05, 3.63) is 11.7 Å². The minimum absolute atomic E-state index is 0.154. The van der Waals surface area contributed by atoms with E-state index in [2.05, 4.69) is 15.5 Å². The Balaban J connectivity index is 2.03. The standard InChI is InChI=1S/C19H30N4O6/c1-7-27-17(25)11(2)12(3)20-15(24)14-21-16(29-22-14)13-9-8-10-23(13)18(26)28-19(4,5)6/h11-13H,7-10H2,1-6H3,(H,20,24)/t11-,12-,13+/m1/s1. The van der Waals surface area contributed by atoms with E-state index in [4.69, 9.17) is 14.0 Å². The first kappa shape index (κ1) is 22.6. The fourth-order valence-corrected chi connectivity index (χ4v) is 2.90. The van der Waals surface area contributed by atoms with Gasteiger partial charge in [0.2, 0.25) is 5.89 Å². The second-order valence-corrected chi connectivity index (χ2v) is 8.09. The molecule has 1 aliphatic rings. The molecule has 0 radical (unpaired) electrons. The van der Waals surface area contributed by atoms with Crippen LogP contribution < -0.4 is 5.32 Å². The summed E-state index contributed by atoms with van der Waals surface area (Å²) in [5.41, 5.74) is -0.615. The van der Waals surface area contributed by atoms with Gasteiger partial charge in [0.1, 0.15) is 11.6 Å². The molecule has 1 N–H and O–H groups in total. The van der Waals surface area contributed by atoms with Gasteiger partial charge >= 0.3 is 12.1 Å². The predicted octanol–water partition coefficient (Wildman–Crippen LogP) is 2.46. The number of amides is 2. The van der Waals surface area contributed by atoms with Crippen LogP contribution in [0.15, 0.2) is 4.52 Å². The van der Waals surface area contributed by atoms with E-state index >= 15 is 0 Å². The molecule has 10 heteroatoms. The number of hydrogen-bond donors (Lipinski definition) is 1. The summed E-state index contributed by atoms with van der Waals surface area (Å²) < 4.78 is 15.6. The fraction of sp³-hybridized carbons (Fsp3) is 0.737. The highest BCUT2D eigenvalue weighted by molar-refractivity contribution is 5.90. The topological polar surface area (TPSA) is 124 Å². The van der Waals surface area contributed by atoms with Crippen LogP contribution in [0.4, 0.5) is 4.79 Å². The zero-order valence-corrected chi connectivity index (χ0v) is 17.9. The Kier molecular flexibility index (Phi) is 7.21. The molecule has 0 unspecified atom stereocenters. The molecule has 2 rings (SSSR count). The number of nitrogens with one attached hydrogen (secondary N) is 1. The Labute approximate surface area is 170 Å². The van der Waals surface area contributed by atoms with Crippen molar-refractivity contribution in [2.45, 2.75) is 72.1 Å². The molecule has 3 atom stereocenters. The van der Waals surface area contributed by atoms with Gasteiger partial charge in [-0.15, -0.1) is 0 Å². The molecule has 0 spiro atoms. The largest absolute Gasteiger partial charge is 0.466 e. The van der Waals surface area contributed by atoms with Crippen LogP contribution in [0.25, 0.3) is 0 Å². The smallest absolute Gasteiger partial charge is 0.410 e. The highest BCUT2D eigenvalue weighted by atomic mass is 16.6. The number of likely N-dealkylation sites (tertiary alicyclic amines) is 1. The second-order valence-electron chi connectivity index (χ2n) is 8.09. The molecule has 1 aliphatic heterocycles. The van der Waals surface area contributed by atoms with Gasteiger partial charge < -0.3 is 19.3 Å². The van der Waals surface area contributed by atoms with Gasteiger partial charge in [-0.05, 0) is 54.4 Å². The number of esters is 1. The van der Waals surface area contributed by atoms with Crippen LogP contribution in [0.1, 0.15) is 76.9 Å². The van der Waals surface area contributed by atoms with Crippen molar-refractivity contribution in [2.24, 2.45) is 5.92 Å². The third-order valence-corrected chi connectivity index (χ3v) is 4.58. The molecule has 10 nitrogen and oxygen atoms in total. The van der Waals surface area contributed by atoms with Crippen molar-refractivity contribution < 1.29 is 28.4 Å². The normalized spacial score (nSPS) is 18.8. The van der Waals surface area contributed by atoms with E-state index in [1.54, 1.807) is 41.5 Å². The highest BCUT2D eigenvalue weighted by Crippen LogP contribution is 2.32. The number of hydrogen-bond acceptors (Lipinski definition) is 8. The van der Waals surface area contributed by atoms with Crippen LogP contribution in [0.3, 0.4) is 0 Å². The van der Waals surface area contributed by atoms with E-state index in [-0.39, 0.29) is 18.3 Å². The molecule has 2 heterocycles. The second kappa shape index (κ2) is 9.23. The summed E-state index contributed by atoms with van der Waals surface area (Å²) in [6, 6.07) is -0.914. The summed E-state index contributed by atoms with van der Waals surface area (Å²) >= 11 is 0. The third kappa shape index (κ3) is 5.91. The number of rotatable bonds is 6. The fourth-order valence-electron chi connectivity index (χ4n) is 2.90. The van der Waals surface area contributed by atoms with Crippen LogP contribution in [0, 0.1) is 5.92 Å². The Hall–Kier alpha value is -2.65. The number of carbonyl (C=O) groups is 3. The van der Waals surface area contributed by atoms with Gasteiger partial charge in [-0.1, -0.05) is 5.16 Å². The van der Waals surface area contributed by atoms with Crippen molar-refractivity contribution in [3.8, 4) is 0 Å². The van der Waals surface area contributed by atoms with Gasteiger partial charge in [0.15, 0.2) is 0 Å². The summed E-state index contributed by atoms with van der Waals surface area (Å²) in [6.07, 6.45) is 0.946. The van der Waals surface area contributed by atoms with Crippen LogP contribution >= 0.6 is 0 Å². The van der Waals surface area contributed by atoms with Crippen molar-refractivity contribution in [2.75, 3.05) is 13.2 Å². The minimum atomic E-state index is -0.615. The van der Waals surface area contributed by atoms with E-state index in [0.29, 0.717) is 13.0 Å². The summed E-state index contributed by atoms with van der Waals surface area (Å²) in [5.74, 6) is -1.45. The molecule has 1 aromatic rings. The predicted molar refractivity (Wildman–Crippen MR) is 102 cm³/mol. The van der Waals surface area contributed by atoms with Gasteiger partial charge in [0.25, 0.3) is 11.7 Å². The molecule has 0 aromatic carbocycles. The first-order chi connectivity index (χ1) is 13.5. The van der Waals surface area contributed by atoms with Gasteiger partial charge in [-0.2, -0.15) is 4.98 Å². The maximum atomic E-state index is 12.4. The molecular weight excluding hydrogens is 380 g/mol. The van der Waals surface area contributed by atoms with E-state index in [1.807, 2.05) is 0 Å². The number of aromatic nitrogens is 2. The molecule has 29 heavy (non-hydrogen) atoms. The maximum absolute atomic E-state index is 12.4. The van der Waals surface area contributed by atoms with Gasteiger partial charge in [0, 0.05) is 12.6 Å². The Morgan fingerprint density at radius 3 is 2.62 bits per heavy atom. The molecule has 0 bridgehead atoms. The van der Waals surface area contributed by atoms with E-state index in [9.17, 15) is 14.4 Å². The molecular formula is C19H30N4O6. The monoisotopic (exact) mass is 410 g/mol. The molecule has 1 fully saturated rings. The van der Waals surface area contributed by atoms with Crippen LogP contribution in [-0.2, 0) is 14.3 Å². The third-order valence-electron chi connectivity index (χ3n) is 4.58. The molecule has 1 aromatic heterocycles. The quantitative estimate of drug-likeness (QED) is 0.709. The molecule has 0 saturated carbocycles. The lowest BCUT2D eigenvalue weighted by Crippen LogP contribution is -2.41. The van der Waals surface area contributed by atoms with Crippen molar-refractivity contribution in [3.63, 3.8) is 0 Å². The molecule has 0 aliphatic carbocycles. The minimum Gasteiger partial charge on any atom is -0.466 e. The van der Waals surface area contributed by atoms with Crippen LogP contribution in [0.2, 0.25) is 0 Å². The summed E-state index contributed by atoms with van der Waals surface area (Å²) in [4.78, 5) is 42.3. The van der Waals surface area contributed by atoms with E-state index < -0.39 is 41.6 Å². The number of carbonyl (C=O) groups excluding carboxylic acids is 3. The van der Waals surface area contributed by atoms with Crippen molar-refractivity contribution in [1.29, 1.82) is 0 Å². The lowest BCUT2D eigenvalue weighted by molar-refractivity contribution is -0.148. The molecule has 1 saturated heterocycles. The van der Waals surface area contributed by atoms with Crippen molar-refractivity contribution >= 4 is 18.0 Å². The molecule has 162 valence electrons. The highest BCUT2D eigenvalue weighted by Gasteiger charge is 2.37. The van der Waals surface area contributed by atoms with E-state index in [0.717, 1.165) is 6.42 Å². The van der Waals surface area contributed by atoms with E-state index in [1.165, 1.54) is 4.90 Å².